The van der Waals surface area contributed by atoms with Gasteiger partial charge in [-0.15, -0.1) is 0 Å². The van der Waals surface area contributed by atoms with E-state index in [0.29, 0.717) is 16.3 Å². The standard InChI is InChI=1S/C13H16ClNO3/c1-15(2)13(17)10-4-3-9(6-11(10)14)18-12-5-8(12)7-16/h3-4,6,8,12,16H,5,7H2,1-2H3/t8-,12+/m0/s1. The number of carbonyl (C=O) groups is 1. The van der Waals surface area contributed by atoms with E-state index < -0.39 is 0 Å². The summed E-state index contributed by atoms with van der Waals surface area (Å²) in [5.41, 5.74) is 0.462. The minimum atomic E-state index is -0.133. The molecule has 0 radical (unpaired) electrons. The van der Waals surface area contributed by atoms with Gasteiger partial charge >= 0.3 is 0 Å². The number of hydrogen-bond acceptors (Lipinski definition) is 3. The maximum Gasteiger partial charge on any atom is 0.254 e. The molecule has 0 spiro atoms. The summed E-state index contributed by atoms with van der Waals surface area (Å²) in [6, 6.07) is 5.04. The average Bonchev–Trinajstić information content (AvgIpc) is 3.06. The fourth-order valence-electron chi connectivity index (χ4n) is 1.71. The van der Waals surface area contributed by atoms with Crippen molar-refractivity contribution in [2.75, 3.05) is 20.7 Å². The van der Waals surface area contributed by atoms with E-state index in [1.54, 1.807) is 32.3 Å². The van der Waals surface area contributed by atoms with E-state index in [0.717, 1.165) is 6.42 Å². The summed E-state index contributed by atoms with van der Waals surface area (Å²) < 4.78 is 5.64. The maximum absolute atomic E-state index is 11.8. The second-order valence-corrected chi connectivity index (χ2v) is 5.08. The summed E-state index contributed by atoms with van der Waals surface area (Å²) in [5.74, 6) is 0.731. The second kappa shape index (κ2) is 5.16. The second-order valence-electron chi connectivity index (χ2n) is 4.68. The molecule has 0 aromatic heterocycles. The molecule has 1 fully saturated rings. The van der Waals surface area contributed by atoms with E-state index >= 15 is 0 Å². The molecule has 18 heavy (non-hydrogen) atoms. The number of amides is 1. The Morgan fingerprint density at radius 2 is 2.28 bits per heavy atom. The van der Waals surface area contributed by atoms with Crippen molar-refractivity contribution in [1.29, 1.82) is 0 Å². The normalized spacial score (nSPS) is 21.6. The summed E-state index contributed by atoms with van der Waals surface area (Å²) >= 11 is 6.07. The number of benzene rings is 1. The first kappa shape index (κ1) is 13.2. The molecule has 1 aliphatic rings. The molecule has 4 nitrogen and oxygen atoms in total. The molecule has 98 valence electrons. The highest BCUT2D eigenvalue weighted by atomic mass is 35.5. The Morgan fingerprint density at radius 3 is 2.78 bits per heavy atom. The van der Waals surface area contributed by atoms with Crippen molar-refractivity contribution in [1.82, 2.24) is 4.90 Å². The highest BCUT2D eigenvalue weighted by Crippen LogP contribution is 2.35. The summed E-state index contributed by atoms with van der Waals surface area (Å²) in [4.78, 5) is 13.3. The molecule has 2 rings (SSSR count). The monoisotopic (exact) mass is 269 g/mol. The Hall–Kier alpha value is -1.26. The number of ether oxygens (including phenoxy) is 1. The van der Waals surface area contributed by atoms with Crippen LogP contribution in [0.15, 0.2) is 18.2 Å². The number of aliphatic hydroxyl groups excluding tert-OH is 1. The molecule has 5 heteroatoms. The largest absolute Gasteiger partial charge is 0.490 e. The minimum absolute atomic E-state index is 0.0708. The van der Waals surface area contributed by atoms with Gasteiger partial charge in [0.25, 0.3) is 5.91 Å². The molecule has 0 saturated heterocycles. The van der Waals surface area contributed by atoms with Crippen LogP contribution in [0, 0.1) is 5.92 Å². The van der Waals surface area contributed by atoms with Crippen molar-refractivity contribution < 1.29 is 14.6 Å². The average molecular weight is 270 g/mol. The third-order valence-electron chi connectivity index (χ3n) is 2.96. The van der Waals surface area contributed by atoms with E-state index in [1.165, 1.54) is 4.90 Å². The lowest BCUT2D eigenvalue weighted by molar-refractivity contribution is 0.0827. The fraction of sp³-hybridized carbons (Fsp3) is 0.462. The lowest BCUT2D eigenvalue weighted by atomic mass is 10.2. The summed E-state index contributed by atoms with van der Waals surface area (Å²) in [7, 11) is 3.36. The van der Waals surface area contributed by atoms with Crippen molar-refractivity contribution in [3.8, 4) is 5.75 Å². The van der Waals surface area contributed by atoms with E-state index in [2.05, 4.69) is 0 Å². The molecular weight excluding hydrogens is 254 g/mol. The Bertz CT molecular complexity index is 462. The van der Waals surface area contributed by atoms with Crippen LogP contribution in [0.2, 0.25) is 5.02 Å². The molecule has 1 aromatic rings. The third-order valence-corrected chi connectivity index (χ3v) is 3.27. The molecular formula is C13H16ClNO3. The van der Waals surface area contributed by atoms with E-state index in [1.807, 2.05) is 0 Å². The lowest BCUT2D eigenvalue weighted by Crippen LogP contribution is -2.21. The molecule has 1 aromatic carbocycles. The number of rotatable bonds is 4. The Kier molecular flexibility index (Phi) is 3.78. The molecule has 0 aliphatic heterocycles. The van der Waals surface area contributed by atoms with Gasteiger partial charge in [0, 0.05) is 26.6 Å². The Balaban J connectivity index is 2.08. The van der Waals surface area contributed by atoms with Gasteiger partial charge in [0.2, 0.25) is 0 Å². The maximum atomic E-state index is 11.8. The minimum Gasteiger partial charge on any atom is -0.490 e. The van der Waals surface area contributed by atoms with Gasteiger partial charge in [-0.3, -0.25) is 4.79 Å². The molecule has 1 N–H and O–H groups in total. The van der Waals surface area contributed by atoms with Crippen LogP contribution in [0.3, 0.4) is 0 Å². The van der Waals surface area contributed by atoms with E-state index in [9.17, 15) is 4.79 Å². The van der Waals surface area contributed by atoms with Crippen molar-refractivity contribution in [3.63, 3.8) is 0 Å². The van der Waals surface area contributed by atoms with Gasteiger partial charge in [0.15, 0.2) is 0 Å². The number of carbonyl (C=O) groups excluding carboxylic acids is 1. The predicted octanol–water partition coefficient (Wildman–Crippen LogP) is 1.80. The van der Waals surface area contributed by atoms with Crippen molar-refractivity contribution in [3.05, 3.63) is 28.8 Å². The SMILES string of the molecule is CN(C)C(=O)c1ccc(O[C@@H]2C[C@H]2CO)cc1Cl. The highest BCUT2D eigenvalue weighted by molar-refractivity contribution is 6.34. The number of aliphatic hydroxyl groups is 1. The Labute approximate surface area is 111 Å². The smallest absolute Gasteiger partial charge is 0.254 e. The first-order chi connectivity index (χ1) is 8.52. The van der Waals surface area contributed by atoms with Gasteiger partial charge in [-0.1, -0.05) is 11.6 Å². The Morgan fingerprint density at radius 1 is 1.56 bits per heavy atom. The molecule has 1 saturated carbocycles. The third kappa shape index (κ3) is 2.76. The summed E-state index contributed by atoms with van der Waals surface area (Å²) in [6.45, 7) is 0.148. The van der Waals surface area contributed by atoms with Crippen molar-refractivity contribution >= 4 is 17.5 Å². The highest BCUT2D eigenvalue weighted by Gasteiger charge is 2.38. The van der Waals surface area contributed by atoms with Crippen LogP contribution in [0.5, 0.6) is 5.75 Å². The van der Waals surface area contributed by atoms with Crippen molar-refractivity contribution in [2.45, 2.75) is 12.5 Å². The van der Waals surface area contributed by atoms with E-state index in [4.69, 9.17) is 21.4 Å². The van der Waals surface area contributed by atoms with Gasteiger partial charge in [-0.2, -0.15) is 0 Å². The van der Waals surface area contributed by atoms with Crippen LogP contribution >= 0.6 is 11.6 Å². The number of hydrogen-bond donors (Lipinski definition) is 1. The number of nitrogens with zero attached hydrogens (tertiary/aromatic N) is 1. The molecule has 2 atom stereocenters. The predicted molar refractivity (Wildman–Crippen MR) is 69.1 cm³/mol. The quantitative estimate of drug-likeness (QED) is 0.907. The molecule has 0 unspecified atom stereocenters. The fourth-order valence-corrected chi connectivity index (χ4v) is 1.97. The zero-order valence-electron chi connectivity index (χ0n) is 10.4. The molecule has 0 bridgehead atoms. The summed E-state index contributed by atoms with van der Waals surface area (Å²) in [6.07, 6.45) is 0.938. The lowest BCUT2D eigenvalue weighted by Gasteiger charge is -2.12. The van der Waals surface area contributed by atoms with Crippen LogP contribution in [0.4, 0.5) is 0 Å². The van der Waals surface area contributed by atoms with Gasteiger partial charge in [-0.25, -0.2) is 0 Å². The molecule has 1 amide bonds. The van der Waals surface area contributed by atoms with Gasteiger partial charge < -0.3 is 14.7 Å². The first-order valence-corrected chi connectivity index (χ1v) is 6.19. The molecule has 1 aliphatic carbocycles. The zero-order chi connectivity index (χ0) is 13.3. The van der Waals surface area contributed by atoms with Crippen LogP contribution in [0.25, 0.3) is 0 Å². The topological polar surface area (TPSA) is 49.8 Å². The van der Waals surface area contributed by atoms with Crippen LogP contribution in [-0.2, 0) is 0 Å². The van der Waals surface area contributed by atoms with Gasteiger partial charge in [0.05, 0.1) is 10.6 Å². The van der Waals surface area contributed by atoms with E-state index in [-0.39, 0.29) is 24.5 Å². The first-order valence-electron chi connectivity index (χ1n) is 5.81. The summed E-state index contributed by atoms with van der Waals surface area (Å²) in [5, 5.41) is 9.31. The van der Waals surface area contributed by atoms with Crippen LogP contribution < -0.4 is 4.74 Å². The van der Waals surface area contributed by atoms with Crippen LogP contribution in [0.1, 0.15) is 16.8 Å². The van der Waals surface area contributed by atoms with Crippen molar-refractivity contribution in [2.24, 2.45) is 5.92 Å². The molecule has 0 heterocycles. The van der Waals surface area contributed by atoms with Gasteiger partial charge in [-0.05, 0) is 24.6 Å². The van der Waals surface area contributed by atoms with Crippen LogP contribution in [-0.4, -0.2) is 42.7 Å². The number of halogens is 1. The van der Waals surface area contributed by atoms with Gasteiger partial charge in [0.1, 0.15) is 11.9 Å². The zero-order valence-corrected chi connectivity index (χ0v) is 11.1.